The van der Waals surface area contributed by atoms with Crippen molar-refractivity contribution in [2.75, 3.05) is 20.3 Å². The summed E-state index contributed by atoms with van der Waals surface area (Å²) in [5.41, 5.74) is 4.98. The van der Waals surface area contributed by atoms with Crippen molar-refractivity contribution in [2.45, 2.75) is 32.4 Å². The highest BCUT2D eigenvalue weighted by molar-refractivity contribution is 5.92. The second-order valence-electron chi connectivity index (χ2n) is 8.72. The highest BCUT2D eigenvalue weighted by Crippen LogP contribution is 2.38. The van der Waals surface area contributed by atoms with Crippen molar-refractivity contribution in [2.24, 2.45) is 0 Å². The number of imidazole rings is 1. The Morgan fingerprint density at radius 2 is 1.97 bits per heavy atom. The third-order valence-electron chi connectivity index (χ3n) is 6.72. The number of nitrogens with zero attached hydrogens (tertiary/aromatic N) is 6. The van der Waals surface area contributed by atoms with E-state index in [1.54, 1.807) is 25.7 Å². The van der Waals surface area contributed by atoms with E-state index >= 15 is 4.39 Å². The average molecular weight is 473 g/mol. The molecule has 1 aliphatic heterocycles. The van der Waals surface area contributed by atoms with Crippen LogP contribution in [0.25, 0.3) is 44.3 Å². The molecule has 0 atom stereocenters. The van der Waals surface area contributed by atoms with Crippen molar-refractivity contribution < 1.29 is 13.9 Å². The minimum Gasteiger partial charge on any atom is -0.496 e. The van der Waals surface area contributed by atoms with Gasteiger partial charge in [-0.15, -0.1) is 5.10 Å². The van der Waals surface area contributed by atoms with Crippen molar-refractivity contribution in [1.82, 2.24) is 29.5 Å². The zero-order valence-electron chi connectivity index (χ0n) is 19.6. The summed E-state index contributed by atoms with van der Waals surface area (Å²) >= 11 is 0. The van der Waals surface area contributed by atoms with E-state index in [0.29, 0.717) is 28.6 Å². The number of benzene rings is 2. The van der Waals surface area contributed by atoms with E-state index < -0.39 is 0 Å². The Kier molecular flexibility index (Phi) is 5.41. The molecule has 6 rings (SSSR count). The monoisotopic (exact) mass is 472 g/mol. The highest BCUT2D eigenvalue weighted by Gasteiger charge is 2.20. The van der Waals surface area contributed by atoms with Gasteiger partial charge >= 0.3 is 0 Å². The molecule has 4 heterocycles. The lowest BCUT2D eigenvalue weighted by Gasteiger charge is -2.22. The van der Waals surface area contributed by atoms with Crippen molar-refractivity contribution in [3.63, 3.8) is 0 Å². The maximum Gasteiger partial charge on any atom is 0.183 e. The predicted molar refractivity (Wildman–Crippen MR) is 131 cm³/mol. The summed E-state index contributed by atoms with van der Waals surface area (Å²) in [5, 5.41) is 14.1. The van der Waals surface area contributed by atoms with Crippen LogP contribution in [0.5, 0.6) is 5.75 Å². The predicted octanol–water partition coefficient (Wildman–Crippen LogP) is 5.03. The van der Waals surface area contributed by atoms with E-state index in [4.69, 9.17) is 14.6 Å². The van der Waals surface area contributed by atoms with Gasteiger partial charge in [0, 0.05) is 54.1 Å². The molecule has 1 fully saturated rings. The van der Waals surface area contributed by atoms with Crippen LogP contribution in [0.3, 0.4) is 0 Å². The molecule has 0 radical (unpaired) electrons. The van der Waals surface area contributed by atoms with Crippen LogP contribution in [0, 0.1) is 5.82 Å². The molecule has 3 aromatic heterocycles. The molecule has 5 aromatic rings. The molecule has 35 heavy (non-hydrogen) atoms. The lowest BCUT2D eigenvalue weighted by Crippen LogP contribution is -2.19. The first-order valence-corrected chi connectivity index (χ1v) is 11.8. The quantitative estimate of drug-likeness (QED) is 0.357. The summed E-state index contributed by atoms with van der Waals surface area (Å²) in [6, 6.07) is 9.17. The number of hydrogen-bond acceptors (Lipinski definition) is 6. The molecule has 2 aromatic carbocycles. The van der Waals surface area contributed by atoms with Gasteiger partial charge in [-0.3, -0.25) is 4.68 Å². The van der Waals surface area contributed by atoms with Crippen molar-refractivity contribution in [3.05, 3.63) is 54.9 Å². The summed E-state index contributed by atoms with van der Waals surface area (Å²) < 4.78 is 30.3. The molecule has 0 saturated carbocycles. The molecule has 0 N–H and O–H groups in total. The van der Waals surface area contributed by atoms with E-state index in [-0.39, 0.29) is 5.82 Å². The maximum atomic E-state index is 15.2. The molecule has 1 aliphatic rings. The first kappa shape index (κ1) is 21.7. The minimum absolute atomic E-state index is 0.301. The van der Waals surface area contributed by atoms with E-state index in [9.17, 15) is 0 Å². The van der Waals surface area contributed by atoms with Gasteiger partial charge in [-0.2, -0.15) is 10.2 Å². The Hall–Kier alpha value is -3.85. The SMILES string of the molecule is CCn1cnc2c(-c3ccc(F)c(-c4cc5cn(C6CCOCC6)nc5cc4OC)c3)cnnc21. The first-order valence-electron chi connectivity index (χ1n) is 11.8. The fraction of sp³-hybridized carbons (Fsp3) is 0.308. The number of ether oxygens (including phenoxy) is 2. The van der Waals surface area contributed by atoms with Crippen LogP contribution in [-0.2, 0) is 11.3 Å². The second-order valence-corrected chi connectivity index (χ2v) is 8.72. The third kappa shape index (κ3) is 3.72. The molecule has 8 nitrogen and oxygen atoms in total. The molecule has 0 bridgehead atoms. The minimum atomic E-state index is -0.333. The van der Waals surface area contributed by atoms with E-state index in [2.05, 4.69) is 15.2 Å². The third-order valence-corrected chi connectivity index (χ3v) is 6.72. The lowest BCUT2D eigenvalue weighted by atomic mass is 9.97. The highest BCUT2D eigenvalue weighted by atomic mass is 19.1. The Morgan fingerprint density at radius 1 is 1.11 bits per heavy atom. The first-order chi connectivity index (χ1) is 17.2. The zero-order chi connectivity index (χ0) is 23.9. The molecule has 0 aliphatic carbocycles. The van der Waals surface area contributed by atoms with Crippen molar-refractivity contribution >= 4 is 22.1 Å². The number of rotatable bonds is 5. The van der Waals surface area contributed by atoms with Crippen molar-refractivity contribution in [3.8, 4) is 28.0 Å². The van der Waals surface area contributed by atoms with E-state index in [1.165, 1.54) is 6.07 Å². The molecular formula is C26H25FN6O2. The molecule has 0 spiro atoms. The number of fused-ring (bicyclic) bond motifs is 2. The number of methoxy groups -OCH3 is 1. The maximum absolute atomic E-state index is 15.2. The van der Waals surface area contributed by atoms with Crippen LogP contribution in [0.15, 0.2) is 49.1 Å². The van der Waals surface area contributed by atoms with Gasteiger partial charge in [0.05, 0.1) is 31.2 Å². The molecule has 1 saturated heterocycles. The largest absolute Gasteiger partial charge is 0.496 e. The normalized spacial score (nSPS) is 14.7. The van der Waals surface area contributed by atoms with E-state index in [1.807, 2.05) is 40.6 Å². The van der Waals surface area contributed by atoms with Crippen LogP contribution in [0.4, 0.5) is 4.39 Å². The van der Waals surface area contributed by atoms with Crippen LogP contribution >= 0.6 is 0 Å². The number of aryl methyl sites for hydroxylation is 1. The van der Waals surface area contributed by atoms with Gasteiger partial charge in [0.15, 0.2) is 5.65 Å². The molecule has 9 heteroatoms. The second kappa shape index (κ2) is 8.74. The molecule has 178 valence electrons. The number of aromatic nitrogens is 6. The van der Waals surface area contributed by atoms with Crippen molar-refractivity contribution in [1.29, 1.82) is 0 Å². The van der Waals surface area contributed by atoms with Gasteiger partial charge in [0.2, 0.25) is 0 Å². The molecular weight excluding hydrogens is 447 g/mol. The summed E-state index contributed by atoms with van der Waals surface area (Å²) in [6.45, 7) is 4.24. The molecule has 0 unspecified atom stereocenters. The van der Waals surface area contributed by atoms with Gasteiger partial charge in [-0.1, -0.05) is 6.07 Å². The summed E-state index contributed by atoms with van der Waals surface area (Å²) in [7, 11) is 1.59. The van der Waals surface area contributed by atoms with Gasteiger partial charge in [-0.05, 0) is 43.5 Å². The summed E-state index contributed by atoms with van der Waals surface area (Å²) in [4.78, 5) is 4.53. The summed E-state index contributed by atoms with van der Waals surface area (Å²) in [6.07, 6.45) is 7.31. The Balaban J connectivity index is 1.47. The van der Waals surface area contributed by atoms with E-state index in [0.717, 1.165) is 60.1 Å². The number of hydrogen-bond donors (Lipinski definition) is 0. The number of halogens is 1. The van der Waals surface area contributed by atoms with Crippen LogP contribution in [0.2, 0.25) is 0 Å². The topological polar surface area (TPSA) is 79.9 Å². The fourth-order valence-corrected chi connectivity index (χ4v) is 4.80. The Labute approximate surface area is 201 Å². The molecule has 0 amide bonds. The Morgan fingerprint density at radius 3 is 2.77 bits per heavy atom. The lowest BCUT2D eigenvalue weighted by molar-refractivity contribution is 0.0664. The zero-order valence-corrected chi connectivity index (χ0v) is 19.6. The average Bonchev–Trinajstić information content (AvgIpc) is 3.52. The van der Waals surface area contributed by atoms with Crippen LogP contribution in [-0.4, -0.2) is 49.9 Å². The van der Waals surface area contributed by atoms with Crippen LogP contribution < -0.4 is 4.74 Å². The smallest absolute Gasteiger partial charge is 0.183 e. The summed E-state index contributed by atoms with van der Waals surface area (Å²) in [5.74, 6) is 0.236. The Bertz CT molecular complexity index is 1540. The van der Waals surface area contributed by atoms with Gasteiger partial charge in [0.1, 0.15) is 17.1 Å². The van der Waals surface area contributed by atoms with Gasteiger partial charge in [-0.25, -0.2) is 9.37 Å². The van der Waals surface area contributed by atoms with Gasteiger partial charge < -0.3 is 14.0 Å². The standard InChI is InChI=1S/C26H25FN6O2/c1-3-32-15-28-25-21(13-29-30-26(25)32)16-4-5-22(27)19(10-16)20-11-17-14-33(18-6-8-35-9-7-18)31-23(17)12-24(20)34-2/h4-5,10-15,18H,3,6-9H2,1-2H3. The van der Waals surface area contributed by atoms with Crippen LogP contribution in [0.1, 0.15) is 25.8 Å². The fourth-order valence-electron chi connectivity index (χ4n) is 4.80. The van der Waals surface area contributed by atoms with Gasteiger partial charge in [0.25, 0.3) is 0 Å².